The molecule has 0 spiro atoms. The van der Waals surface area contributed by atoms with E-state index in [2.05, 4.69) is 10.2 Å². The third-order valence-electron chi connectivity index (χ3n) is 4.16. The van der Waals surface area contributed by atoms with Crippen LogP contribution < -0.4 is 10.2 Å². The molecule has 132 valence electrons. The van der Waals surface area contributed by atoms with Crippen molar-refractivity contribution in [2.24, 2.45) is 5.41 Å². The van der Waals surface area contributed by atoms with Gasteiger partial charge in [-0.3, -0.25) is 9.59 Å². The predicted molar refractivity (Wildman–Crippen MR) is 97.3 cm³/mol. The molecule has 1 aliphatic heterocycles. The molecule has 1 heterocycles. The quantitative estimate of drug-likeness (QED) is 0.910. The Balaban J connectivity index is 1.89. The van der Waals surface area contributed by atoms with Crippen molar-refractivity contribution in [1.29, 1.82) is 0 Å². The molecule has 24 heavy (non-hydrogen) atoms. The Bertz CT molecular complexity index is 605. The van der Waals surface area contributed by atoms with E-state index in [0.717, 1.165) is 18.8 Å². The maximum absolute atomic E-state index is 12.5. The Morgan fingerprint density at radius 3 is 2.33 bits per heavy atom. The highest BCUT2D eigenvalue weighted by Gasteiger charge is 2.29. The molecule has 2 rings (SSSR count). The van der Waals surface area contributed by atoms with Gasteiger partial charge in [-0.1, -0.05) is 38.4 Å². The molecule has 0 bridgehead atoms. The van der Waals surface area contributed by atoms with Gasteiger partial charge in [-0.2, -0.15) is 0 Å². The summed E-state index contributed by atoms with van der Waals surface area (Å²) in [5.74, 6) is -0.140. The molecular weight excluding hydrogens is 326 g/mol. The molecule has 1 N–H and O–H groups in total. The van der Waals surface area contributed by atoms with Gasteiger partial charge in [0.25, 0.3) is 0 Å². The second-order valence-corrected chi connectivity index (χ2v) is 7.67. The second-order valence-electron chi connectivity index (χ2n) is 7.24. The standard InChI is InChI=1S/C18H26ClN3O2/c1-13(20-17(24)18(2,3)4)16(23)22-10-8-21(9-11-22)15-7-5-6-14(19)12-15/h5-7,12-13H,8-11H2,1-4H3,(H,20,24). The van der Waals surface area contributed by atoms with Crippen molar-refractivity contribution in [3.8, 4) is 0 Å². The van der Waals surface area contributed by atoms with Gasteiger partial charge >= 0.3 is 0 Å². The van der Waals surface area contributed by atoms with Crippen LogP contribution in [-0.2, 0) is 9.59 Å². The van der Waals surface area contributed by atoms with Crippen LogP contribution in [0.1, 0.15) is 27.7 Å². The fourth-order valence-electron chi connectivity index (χ4n) is 2.61. The van der Waals surface area contributed by atoms with Crippen LogP contribution in [0.3, 0.4) is 0 Å². The van der Waals surface area contributed by atoms with Gasteiger partial charge < -0.3 is 15.1 Å². The van der Waals surface area contributed by atoms with Crippen molar-refractivity contribution in [2.45, 2.75) is 33.7 Å². The Hall–Kier alpha value is -1.75. The monoisotopic (exact) mass is 351 g/mol. The Labute approximate surface area is 149 Å². The first-order valence-corrected chi connectivity index (χ1v) is 8.66. The van der Waals surface area contributed by atoms with Gasteiger partial charge in [0.05, 0.1) is 0 Å². The summed E-state index contributed by atoms with van der Waals surface area (Å²) in [5.41, 5.74) is 0.573. The van der Waals surface area contributed by atoms with Crippen LogP contribution in [0, 0.1) is 5.41 Å². The number of rotatable bonds is 3. The van der Waals surface area contributed by atoms with Gasteiger partial charge in [0.1, 0.15) is 6.04 Å². The lowest BCUT2D eigenvalue weighted by molar-refractivity contribution is -0.138. The summed E-state index contributed by atoms with van der Waals surface area (Å²) in [7, 11) is 0. The molecule has 1 fully saturated rings. The van der Waals surface area contributed by atoms with E-state index < -0.39 is 11.5 Å². The average Bonchev–Trinajstić information content (AvgIpc) is 2.53. The summed E-state index contributed by atoms with van der Waals surface area (Å²) in [6, 6.07) is 7.24. The molecule has 0 aliphatic carbocycles. The number of hydrogen-bond donors (Lipinski definition) is 1. The number of carbonyl (C=O) groups is 2. The van der Waals surface area contributed by atoms with Crippen LogP contribution in [0.15, 0.2) is 24.3 Å². The largest absolute Gasteiger partial charge is 0.368 e. The van der Waals surface area contributed by atoms with Gasteiger partial charge in [0.15, 0.2) is 0 Å². The van der Waals surface area contributed by atoms with Crippen molar-refractivity contribution in [2.75, 3.05) is 31.1 Å². The van der Waals surface area contributed by atoms with Crippen LogP contribution in [-0.4, -0.2) is 48.9 Å². The number of piperazine rings is 1. The van der Waals surface area contributed by atoms with Crippen LogP contribution in [0.2, 0.25) is 5.02 Å². The van der Waals surface area contributed by atoms with E-state index in [1.165, 1.54) is 0 Å². The first-order valence-electron chi connectivity index (χ1n) is 8.29. The molecule has 1 atom stereocenters. The highest BCUT2D eigenvalue weighted by molar-refractivity contribution is 6.30. The van der Waals surface area contributed by atoms with Crippen molar-refractivity contribution in [3.05, 3.63) is 29.3 Å². The van der Waals surface area contributed by atoms with Crippen LogP contribution >= 0.6 is 11.6 Å². The van der Waals surface area contributed by atoms with Crippen molar-refractivity contribution >= 4 is 29.1 Å². The minimum absolute atomic E-state index is 0.0293. The number of benzene rings is 1. The van der Waals surface area contributed by atoms with Gasteiger partial charge in [-0.05, 0) is 25.1 Å². The lowest BCUT2D eigenvalue weighted by Crippen LogP contribution is -2.55. The molecule has 6 heteroatoms. The number of nitrogens with zero attached hydrogens (tertiary/aromatic N) is 2. The van der Waals surface area contributed by atoms with Gasteiger partial charge in [0.2, 0.25) is 11.8 Å². The first kappa shape index (κ1) is 18.6. The molecule has 2 amide bonds. The topological polar surface area (TPSA) is 52.7 Å². The first-order chi connectivity index (χ1) is 11.2. The number of hydrogen-bond acceptors (Lipinski definition) is 3. The minimum atomic E-state index is -0.505. The molecule has 1 aromatic rings. The molecule has 0 aromatic heterocycles. The summed E-state index contributed by atoms with van der Waals surface area (Å²) >= 11 is 6.04. The molecule has 0 saturated carbocycles. The zero-order chi connectivity index (χ0) is 17.9. The molecular formula is C18H26ClN3O2. The number of carbonyl (C=O) groups excluding carboxylic acids is 2. The zero-order valence-corrected chi connectivity index (χ0v) is 15.6. The Morgan fingerprint density at radius 1 is 1.17 bits per heavy atom. The third-order valence-corrected chi connectivity index (χ3v) is 4.40. The lowest BCUT2D eigenvalue weighted by Gasteiger charge is -2.37. The predicted octanol–water partition coefficient (Wildman–Crippen LogP) is 2.54. The summed E-state index contributed by atoms with van der Waals surface area (Å²) in [6.45, 7) is 10.0. The summed E-state index contributed by atoms with van der Waals surface area (Å²) in [6.07, 6.45) is 0. The average molecular weight is 352 g/mol. The Morgan fingerprint density at radius 2 is 1.79 bits per heavy atom. The number of nitrogens with one attached hydrogen (secondary N) is 1. The normalized spacial score (nSPS) is 16.7. The maximum Gasteiger partial charge on any atom is 0.244 e. The van der Waals surface area contributed by atoms with Crippen molar-refractivity contribution < 1.29 is 9.59 Å². The van der Waals surface area contributed by atoms with Crippen LogP contribution in [0.25, 0.3) is 0 Å². The zero-order valence-electron chi connectivity index (χ0n) is 14.8. The number of halogens is 1. The lowest BCUT2D eigenvalue weighted by atomic mass is 9.95. The highest BCUT2D eigenvalue weighted by atomic mass is 35.5. The summed E-state index contributed by atoms with van der Waals surface area (Å²) < 4.78 is 0. The van der Waals surface area contributed by atoms with E-state index in [1.54, 1.807) is 6.92 Å². The minimum Gasteiger partial charge on any atom is -0.368 e. The molecule has 1 unspecified atom stereocenters. The number of amides is 2. The summed E-state index contributed by atoms with van der Waals surface area (Å²) in [4.78, 5) is 28.6. The van der Waals surface area contributed by atoms with Gasteiger partial charge in [-0.15, -0.1) is 0 Å². The van der Waals surface area contributed by atoms with E-state index in [1.807, 2.05) is 49.9 Å². The number of anilines is 1. The van der Waals surface area contributed by atoms with Crippen molar-refractivity contribution in [3.63, 3.8) is 0 Å². The van der Waals surface area contributed by atoms with Gasteiger partial charge in [0, 0.05) is 42.3 Å². The molecule has 0 radical (unpaired) electrons. The van der Waals surface area contributed by atoms with Crippen LogP contribution in [0.5, 0.6) is 0 Å². The third kappa shape index (κ3) is 4.63. The van der Waals surface area contributed by atoms with E-state index in [0.29, 0.717) is 18.1 Å². The van der Waals surface area contributed by atoms with E-state index >= 15 is 0 Å². The Kier molecular flexibility index (Phi) is 5.75. The molecule has 1 aromatic carbocycles. The molecule has 1 saturated heterocycles. The van der Waals surface area contributed by atoms with E-state index in [-0.39, 0.29) is 11.8 Å². The summed E-state index contributed by atoms with van der Waals surface area (Å²) in [5, 5.41) is 3.52. The highest BCUT2D eigenvalue weighted by Crippen LogP contribution is 2.21. The molecule has 1 aliphatic rings. The van der Waals surface area contributed by atoms with E-state index in [9.17, 15) is 9.59 Å². The SMILES string of the molecule is CC(NC(=O)C(C)(C)C)C(=O)N1CCN(c2cccc(Cl)c2)CC1. The van der Waals surface area contributed by atoms with Gasteiger partial charge in [-0.25, -0.2) is 0 Å². The van der Waals surface area contributed by atoms with E-state index in [4.69, 9.17) is 11.6 Å². The fraction of sp³-hybridized carbons (Fsp3) is 0.556. The van der Waals surface area contributed by atoms with Crippen LogP contribution in [0.4, 0.5) is 5.69 Å². The maximum atomic E-state index is 12.5. The fourth-order valence-corrected chi connectivity index (χ4v) is 2.79. The second kappa shape index (κ2) is 7.43. The van der Waals surface area contributed by atoms with Crippen molar-refractivity contribution in [1.82, 2.24) is 10.2 Å². The smallest absolute Gasteiger partial charge is 0.244 e. The molecule has 5 nitrogen and oxygen atoms in total.